The van der Waals surface area contributed by atoms with Crippen molar-refractivity contribution >= 4 is 64.5 Å². The molecule has 1 aliphatic rings. The summed E-state index contributed by atoms with van der Waals surface area (Å²) < 4.78 is 21.5. The monoisotopic (exact) mass is 1520 g/mol. The van der Waals surface area contributed by atoms with Crippen LogP contribution in [0, 0.1) is 42.8 Å². The van der Waals surface area contributed by atoms with E-state index in [0.29, 0.717) is 76.2 Å². The summed E-state index contributed by atoms with van der Waals surface area (Å²) in [4.78, 5) is 163. The van der Waals surface area contributed by atoms with Crippen LogP contribution in [0.1, 0.15) is 143 Å². The molecule has 0 bridgehead atoms. The number of carboxylic acid groups (broad SMARTS) is 1. The minimum atomic E-state index is -2.07. The molecule has 594 valence electrons. The van der Waals surface area contributed by atoms with E-state index in [2.05, 4.69) is 62.1 Å². The smallest absolute Gasteiger partial charge is 0.305 e. The number of H-pyrrole nitrogens is 2. The number of carboxylic acids is 1. The normalized spacial score (nSPS) is 15.9. The van der Waals surface area contributed by atoms with Crippen LogP contribution in [0.5, 0.6) is 5.75 Å². The third kappa shape index (κ3) is 26.8. The molecule has 0 unspecified atom stereocenters. The number of nitrogens with two attached hydrogens (primary N) is 2. The van der Waals surface area contributed by atoms with Crippen molar-refractivity contribution < 1.29 is 82.3 Å². The highest BCUT2D eigenvalue weighted by atomic mass is 19.1. The average molecular weight is 1530 g/mol. The van der Waals surface area contributed by atoms with Crippen LogP contribution in [0.2, 0.25) is 0 Å². The Bertz CT molecular complexity index is 4080. The number of nitrogens with one attached hydrogen (secondary N) is 7. The molecule has 1 aliphatic heterocycles. The van der Waals surface area contributed by atoms with Gasteiger partial charge in [0.25, 0.3) is 0 Å². The first-order chi connectivity index (χ1) is 52.5. The molecular formula is C79H105FN14O16. The van der Waals surface area contributed by atoms with Crippen LogP contribution in [0.15, 0.2) is 97.5 Å². The Labute approximate surface area is 638 Å². The molecule has 3 heterocycles. The summed E-state index contributed by atoms with van der Waals surface area (Å²) in [5, 5.41) is 69.5. The molecule has 0 radical (unpaired) electrons. The van der Waals surface area contributed by atoms with Crippen LogP contribution in [-0.2, 0) is 91.3 Å². The van der Waals surface area contributed by atoms with Crippen molar-refractivity contribution in [2.24, 2.45) is 34.6 Å². The summed E-state index contributed by atoms with van der Waals surface area (Å²) in [6, 6.07) is 16.4. The molecule has 4 aromatic carbocycles. The maximum atomic E-state index is 15.6. The van der Waals surface area contributed by atoms with E-state index in [4.69, 9.17) is 16.2 Å². The lowest BCUT2D eigenvalue weighted by Gasteiger charge is -2.33. The van der Waals surface area contributed by atoms with Crippen molar-refractivity contribution in [1.29, 1.82) is 0 Å². The van der Waals surface area contributed by atoms with Crippen molar-refractivity contribution in [2.75, 3.05) is 39.4 Å². The fourth-order valence-electron chi connectivity index (χ4n) is 13.7. The summed E-state index contributed by atoms with van der Waals surface area (Å²) in [5.74, 6) is -14.0. The number of amides is 6. The fraction of sp³-hybridized carbons (Fsp3) is 0.506. The van der Waals surface area contributed by atoms with Gasteiger partial charge in [-0.1, -0.05) is 96.9 Å². The lowest BCUT2D eigenvalue weighted by atomic mass is 9.76. The number of aromatic nitrogens is 6. The van der Waals surface area contributed by atoms with Crippen LogP contribution >= 0.6 is 0 Å². The van der Waals surface area contributed by atoms with E-state index in [-0.39, 0.29) is 30.7 Å². The van der Waals surface area contributed by atoms with Gasteiger partial charge in [-0.05, 0) is 150 Å². The zero-order valence-electron chi connectivity index (χ0n) is 63.2. The lowest BCUT2D eigenvalue weighted by molar-refractivity contribution is -0.142. The van der Waals surface area contributed by atoms with E-state index < -0.39 is 188 Å². The number of aryl methyl sites for hydroxylation is 4. The number of ketones is 4. The number of aliphatic hydroxyl groups excluding tert-OH is 3. The van der Waals surface area contributed by atoms with E-state index >= 15 is 4.39 Å². The Balaban J connectivity index is 1.03. The second-order valence-electron chi connectivity index (χ2n) is 29.0. The van der Waals surface area contributed by atoms with Crippen LogP contribution in [0.3, 0.4) is 0 Å². The Morgan fingerprint density at radius 3 is 2.06 bits per heavy atom. The molecule has 6 aromatic rings. The summed E-state index contributed by atoms with van der Waals surface area (Å²) in [6.07, 6.45) is -0.952. The van der Waals surface area contributed by atoms with E-state index in [0.717, 1.165) is 64.9 Å². The number of imidazole rings is 1. The minimum Gasteiger partial charge on any atom is -0.494 e. The van der Waals surface area contributed by atoms with Crippen molar-refractivity contribution in [2.45, 2.75) is 193 Å². The second kappa shape index (κ2) is 42.6. The molecule has 6 amide bonds. The highest BCUT2D eigenvalue weighted by Gasteiger charge is 2.43. The molecule has 15 N–H and O–H groups in total. The largest absolute Gasteiger partial charge is 0.494 e. The van der Waals surface area contributed by atoms with E-state index in [1.165, 1.54) is 32.0 Å². The van der Waals surface area contributed by atoms with E-state index in [1.54, 1.807) is 24.7 Å². The predicted octanol–water partition coefficient (Wildman–Crippen LogP) is 3.24. The number of carbonyl (C=O) groups is 11. The standard InChI is InChI=1S/C79H105FN14O16/c1-7-52-35-59(110-30-11-10-27-81)21-22-60(52)53-19-17-50(18-20-53)34-56(76(107)85-62(74(82)105)16-12-13-51-32-46(2)31-47(3)33-51)36-66(99)64(39-71(103)104)87-77(108)57(44-95)37-67(100)72(48(4)96)89-78(109)79(6,40-54-14-8-9-15-61(54)80)41-68(101)73(49(5)97)88-70(102)24-23-65(98)63(38-69-90-92-93-91-69)86-75(106)55-25-28-94(43-55)29-26-58-42-83-45-84-58/h8-9,14-15,17-22,31-33,35,42,45,48-49,55-57,62-64,72-73,95-97H,7,10-13,16,23-30,34,36-41,43-44,81H2,1-6H3,(H2,82,105)(H,83,84)(H,85,107)(H,86,106)(H,87,108)(H,88,102)(H,89,109)(H,103,104)(H,90,91,92,93)/t48-,49-,55+,56-,57+,62+,63+,64+,72+,73+,79-/m1/s1. The Kier molecular flexibility index (Phi) is 33.6. The Morgan fingerprint density at radius 2 is 1.43 bits per heavy atom. The molecular weight excluding hydrogens is 1420 g/mol. The lowest BCUT2D eigenvalue weighted by Crippen LogP contribution is -2.55. The molecule has 0 aliphatic carbocycles. The highest BCUT2D eigenvalue weighted by Crippen LogP contribution is 2.33. The number of aliphatic hydroxyl groups is 3. The van der Waals surface area contributed by atoms with Gasteiger partial charge in [-0.25, -0.2) is 9.37 Å². The number of carbonyl (C=O) groups excluding carboxylic acids is 10. The zero-order valence-corrected chi connectivity index (χ0v) is 63.2. The van der Waals surface area contributed by atoms with Crippen molar-refractivity contribution in [3.63, 3.8) is 0 Å². The van der Waals surface area contributed by atoms with E-state index in [9.17, 15) is 73.2 Å². The molecule has 0 spiro atoms. The van der Waals surface area contributed by atoms with Gasteiger partial charge in [-0.3, -0.25) is 52.7 Å². The number of hydrogen-bond acceptors (Lipinski definition) is 21. The quantitative estimate of drug-likeness (QED) is 0.0244. The minimum absolute atomic E-state index is 0.0884. The number of Topliss-reactive ketones (excluding diaryl/α,β-unsaturated/α-hetero) is 4. The van der Waals surface area contributed by atoms with Crippen molar-refractivity contribution in [3.05, 3.63) is 148 Å². The molecule has 30 nitrogen and oxygen atoms in total. The topological polar surface area (TPSA) is 476 Å². The number of tetrazole rings is 1. The molecule has 31 heteroatoms. The molecule has 110 heavy (non-hydrogen) atoms. The van der Waals surface area contributed by atoms with Gasteiger partial charge >= 0.3 is 5.97 Å². The van der Waals surface area contributed by atoms with Gasteiger partial charge < -0.3 is 73.1 Å². The number of aliphatic carboxylic acids is 1. The molecule has 1 saturated heterocycles. The summed E-state index contributed by atoms with van der Waals surface area (Å²) in [7, 11) is 0. The first kappa shape index (κ1) is 86.9. The first-order valence-corrected chi connectivity index (χ1v) is 37.3. The second-order valence-corrected chi connectivity index (χ2v) is 29.0. The highest BCUT2D eigenvalue weighted by molar-refractivity contribution is 6.00. The predicted molar refractivity (Wildman–Crippen MR) is 402 cm³/mol. The van der Waals surface area contributed by atoms with Crippen LogP contribution in [0.25, 0.3) is 11.1 Å². The van der Waals surface area contributed by atoms with Gasteiger partial charge in [0.05, 0.1) is 67.5 Å². The molecule has 1 fully saturated rings. The third-order valence-electron chi connectivity index (χ3n) is 19.8. The maximum absolute atomic E-state index is 15.6. The van der Waals surface area contributed by atoms with Crippen molar-refractivity contribution in [1.82, 2.24) is 62.1 Å². The van der Waals surface area contributed by atoms with Gasteiger partial charge in [-0.2, -0.15) is 5.21 Å². The number of aromatic amines is 2. The van der Waals surface area contributed by atoms with Gasteiger partial charge in [0.2, 0.25) is 35.4 Å². The van der Waals surface area contributed by atoms with Gasteiger partial charge in [0.1, 0.15) is 29.7 Å². The van der Waals surface area contributed by atoms with Crippen molar-refractivity contribution in [3.8, 4) is 16.9 Å². The van der Waals surface area contributed by atoms with Gasteiger partial charge in [0, 0.05) is 75.8 Å². The van der Waals surface area contributed by atoms with Crippen LogP contribution < -0.4 is 42.8 Å². The Hall–Kier alpha value is -10.3. The van der Waals surface area contributed by atoms with Gasteiger partial charge in [-0.15, -0.1) is 10.2 Å². The fourth-order valence-corrected chi connectivity index (χ4v) is 13.7. The number of nitrogens with zero attached hydrogens (tertiary/aromatic N) is 5. The average Bonchev–Trinajstić information content (AvgIpc) is 0.795. The van der Waals surface area contributed by atoms with Crippen LogP contribution in [-0.4, -0.2) is 202 Å². The number of unbranched alkanes of at least 4 members (excludes halogenated alkanes) is 1. The number of ether oxygens (including phenoxy) is 1. The number of benzene rings is 4. The molecule has 7 rings (SSSR count). The Morgan fingerprint density at radius 1 is 0.736 bits per heavy atom. The van der Waals surface area contributed by atoms with Crippen LogP contribution in [0.4, 0.5) is 4.39 Å². The summed E-state index contributed by atoms with van der Waals surface area (Å²) in [6.45, 7) is 11.1. The third-order valence-corrected chi connectivity index (χ3v) is 19.8. The number of likely N-dealkylation sites (tertiary alicyclic amines) is 1. The first-order valence-electron chi connectivity index (χ1n) is 37.3. The molecule has 2 aromatic heterocycles. The molecule has 11 atom stereocenters. The summed E-state index contributed by atoms with van der Waals surface area (Å²) in [5.41, 5.74) is 16.7. The number of hydrogen-bond donors (Lipinski definition) is 13. The summed E-state index contributed by atoms with van der Waals surface area (Å²) >= 11 is 0. The SMILES string of the molecule is CCc1cc(OCCCCN)ccc1-c1ccc(C[C@H](CC(=O)[C@H](CC(=O)O)NC(=O)[C@H](CO)CC(=O)[C@@H](NC(=O)[C@@](C)(CC(=O)[C@@H](NC(=O)CCC(=O)[C@H](Cc2nn[nH]n2)NC(=O)[C@H]2CCN(CCc3cnc[nH]3)C2)[C@@H](C)O)Cc2ccccc2F)[C@@H](C)O)C(=O)N[C@@H](CCCc2cc(C)cc(C)c2)C(N)=O)cc1. The molecule has 0 saturated carbocycles. The van der Waals surface area contributed by atoms with E-state index in [1.807, 2.05) is 69.3 Å². The number of primary amides is 1. The number of halogens is 1. The number of rotatable bonds is 48. The zero-order chi connectivity index (χ0) is 80.2. The van der Waals surface area contributed by atoms with Gasteiger partial charge in [0.15, 0.2) is 29.0 Å². The maximum Gasteiger partial charge on any atom is 0.305 e.